The number of nitrogens with one attached hydrogen (secondary N) is 2. The minimum absolute atomic E-state index is 0.181. The third-order valence-corrected chi connectivity index (χ3v) is 3.92. The summed E-state index contributed by atoms with van der Waals surface area (Å²) in [6.45, 7) is 0. The maximum Gasteiger partial charge on any atom is 0.240 e. The number of nitrogens with zero attached hydrogens (tertiary/aromatic N) is 2. The van der Waals surface area contributed by atoms with Crippen molar-refractivity contribution in [2.24, 2.45) is 10.2 Å². The van der Waals surface area contributed by atoms with Gasteiger partial charge < -0.3 is 8.83 Å². The topological polar surface area (TPSA) is 109 Å². The fourth-order valence-corrected chi connectivity index (χ4v) is 2.52. The van der Waals surface area contributed by atoms with Gasteiger partial charge in [-0.3, -0.25) is 9.59 Å². The molecule has 0 spiro atoms. The minimum Gasteiger partial charge on any atom is -0.449 e. The molecule has 25 heavy (non-hydrogen) atoms. The van der Waals surface area contributed by atoms with Crippen molar-refractivity contribution in [1.29, 1.82) is 0 Å². The van der Waals surface area contributed by atoms with Crippen molar-refractivity contribution < 1.29 is 18.4 Å². The highest BCUT2D eigenvalue weighted by molar-refractivity contribution is 14.1. The largest absolute Gasteiger partial charge is 0.449 e. The van der Waals surface area contributed by atoms with Crippen LogP contribution in [-0.2, 0) is 9.59 Å². The van der Waals surface area contributed by atoms with E-state index in [1.165, 1.54) is 12.4 Å². The van der Waals surface area contributed by atoms with Gasteiger partial charge in [-0.1, -0.05) is 0 Å². The van der Waals surface area contributed by atoms with Gasteiger partial charge in [-0.15, -0.1) is 0 Å². The minimum atomic E-state index is -0.279. The average Bonchev–Trinajstić information content (AvgIpc) is 3.16. The molecule has 2 N–H and O–H groups in total. The third-order valence-electron chi connectivity index (χ3n) is 2.76. The lowest BCUT2D eigenvalue weighted by atomic mass is 10.2. The highest BCUT2D eigenvalue weighted by Gasteiger charge is 2.04. The first-order valence-electron chi connectivity index (χ1n) is 7.17. The van der Waals surface area contributed by atoms with Crippen LogP contribution in [0.2, 0.25) is 0 Å². The van der Waals surface area contributed by atoms with Crippen LogP contribution in [0.3, 0.4) is 0 Å². The van der Waals surface area contributed by atoms with Gasteiger partial charge in [0.15, 0.2) is 7.53 Å². The van der Waals surface area contributed by atoms with E-state index in [2.05, 4.69) is 21.1 Å². The predicted molar refractivity (Wildman–Crippen MR) is 108 cm³/mol. The van der Waals surface area contributed by atoms with Crippen LogP contribution in [0.5, 0.6) is 0 Å². The second-order valence-electron chi connectivity index (χ2n) is 4.72. The molecule has 0 radical (unpaired) electrons. The van der Waals surface area contributed by atoms with E-state index >= 15 is 0 Å². The molecule has 2 heterocycles. The predicted octanol–water partition coefficient (Wildman–Crippen LogP) is 2.85. The number of amides is 2. The molecule has 0 bridgehead atoms. The summed E-state index contributed by atoms with van der Waals surface area (Å²) in [7, 11) is 0. The van der Waals surface area contributed by atoms with Gasteiger partial charge in [-0.05, 0) is 75.9 Å². The van der Waals surface area contributed by atoms with Crippen molar-refractivity contribution in [3.05, 3.63) is 43.3 Å². The fraction of sp³-hybridized carbons (Fsp3) is 0.200. The average molecular weight is 568 g/mol. The summed E-state index contributed by atoms with van der Waals surface area (Å²) in [5.41, 5.74) is 4.75. The molecule has 0 atom stereocenters. The monoisotopic (exact) mass is 568 g/mol. The zero-order valence-corrected chi connectivity index (χ0v) is 17.2. The Hall–Kier alpha value is -1.70. The Balaban J connectivity index is 1.59. The van der Waals surface area contributed by atoms with Crippen molar-refractivity contribution in [3.8, 4) is 0 Å². The van der Waals surface area contributed by atoms with Gasteiger partial charge >= 0.3 is 0 Å². The van der Waals surface area contributed by atoms with Gasteiger partial charge in [0, 0.05) is 12.8 Å². The summed E-state index contributed by atoms with van der Waals surface area (Å²) in [6.07, 6.45) is 3.58. The second-order valence-corrected chi connectivity index (χ2v) is 6.85. The molecule has 2 aromatic heterocycles. The molecular weight excluding hydrogens is 554 g/mol. The molecule has 8 nitrogen and oxygen atoms in total. The summed E-state index contributed by atoms with van der Waals surface area (Å²) in [5, 5.41) is 7.56. The Kier molecular flexibility index (Phi) is 8.11. The van der Waals surface area contributed by atoms with Crippen LogP contribution in [0.15, 0.2) is 43.3 Å². The van der Waals surface area contributed by atoms with E-state index in [4.69, 9.17) is 8.83 Å². The quantitative estimate of drug-likeness (QED) is 0.290. The highest BCUT2D eigenvalue weighted by atomic mass is 127. The molecule has 0 fully saturated rings. The molecule has 0 aromatic carbocycles. The Morgan fingerprint density at radius 2 is 1.32 bits per heavy atom. The molecule has 0 aliphatic carbocycles. The van der Waals surface area contributed by atoms with Crippen molar-refractivity contribution in [2.45, 2.75) is 19.3 Å². The molecule has 2 rings (SSSR count). The van der Waals surface area contributed by atoms with E-state index in [0.29, 0.717) is 17.9 Å². The molecular formula is C15H14I2N4O4. The van der Waals surface area contributed by atoms with Crippen LogP contribution in [0, 0.1) is 7.53 Å². The maximum atomic E-state index is 11.6. The lowest BCUT2D eigenvalue weighted by Crippen LogP contribution is -2.20. The van der Waals surface area contributed by atoms with Crippen molar-refractivity contribution >= 4 is 69.4 Å². The first-order chi connectivity index (χ1) is 12.0. The lowest BCUT2D eigenvalue weighted by molar-refractivity contribution is -0.122. The summed E-state index contributed by atoms with van der Waals surface area (Å²) >= 11 is 4.07. The number of carbonyl (C=O) groups excluding carboxylic acids is 2. The Bertz CT molecular complexity index is 718. The highest BCUT2D eigenvalue weighted by Crippen LogP contribution is 2.08. The third kappa shape index (κ3) is 7.81. The number of hydrogen-bond donors (Lipinski definition) is 2. The molecule has 0 aliphatic rings. The van der Waals surface area contributed by atoms with Crippen molar-refractivity contribution in [1.82, 2.24) is 10.9 Å². The standard InChI is InChI=1S/C15H14I2N4O4/c16-12-6-4-10(24-12)8-18-20-14(22)2-1-3-15(23)21-19-9-11-5-7-13(17)25-11/h4-9H,1-3H2,(H,20,22)(H,21,23)/b18-8-,19-9+. The smallest absolute Gasteiger partial charge is 0.240 e. The van der Waals surface area contributed by atoms with Gasteiger partial charge in [0.2, 0.25) is 11.8 Å². The Labute approximate surface area is 170 Å². The maximum absolute atomic E-state index is 11.6. The van der Waals surface area contributed by atoms with Crippen molar-refractivity contribution in [2.75, 3.05) is 0 Å². The van der Waals surface area contributed by atoms with E-state index in [1.54, 1.807) is 24.3 Å². The fourth-order valence-electron chi connectivity index (χ4n) is 1.65. The van der Waals surface area contributed by atoms with Gasteiger partial charge in [-0.2, -0.15) is 10.2 Å². The van der Waals surface area contributed by atoms with E-state index in [-0.39, 0.29) is 24.7 Å². The summed E-state index contributed by atoms with van der Waals surface area (Å²) in [4.78, 5) is 23.2. The van der Waals surface area contributed by atoms with E-state index in [0.717, 1.165) is 7.53 Å². The number of hydrogen-bond acceptors (Lipinski definition) is 6. The van der Waals surface area contributed by atoms with Gasteiger partial charge in [-0.25, -0.2) is 10.9 Å². The number of carbonyl (C=O) groups is 2. The van der Waals surface area contributed by atoms with Crippen LogP contribution < -0.4 is 10.9 Å². The normalized spacial score (nSPS) is 11.3. The lowest BCUT2D eigenvalue weighted by Gasteiger charge is -2.00. The van der Waals surface area contributed by atoms with E-state index in [9.17, 15) is 9.59 Å². The van der Waals surface area contributed by atoms with E-state index in [1.807, 2.05) is 45.2 Å². The summed E-state index contributed by atoms with van der Waals surface area (Å²) in [6, 6.07) is 7.06. The zero-order valence-electron chi connectivity index (χ0n) is 12.9. The number of furan rings is 2. The van der Waals surface area contributed by atoms with Crippen molar-refractivity contribution in [3.63, 3.8) is 0 Å². The first kappa shape index (κ1) is 19.6. The SMILES string of the molecule is O=C(CCCC(=O)N/N=C/c1ccc(I)o1)N/N=C\c1ccc(I)o1. The molecule has 0 saturated carbocycles. The summed E-state index contributed by atoms with van der Waals surface area (Å²) in [5.74, 6) is 0.541. The molecule has 0 unspecified atom stereocenters. The number of halogens is 2. The van der Waals surface area contributed by atoms with Crippen LogP contribution in [0.25, 0.3) is 0 Å². The van der Waals surface area contributed by atoms with E-state index < -0.39 is 0 Å². The zero-order chi connectivity index (χ0) is 18.1. The molecule has 0 saturated heterocycles. The molecule has 2 aromatic rings. The van der Waals surface area contributed by atoms with Crippen LogP contribution in [0.1, 0.15) is 30.8 Å². The van der Waals surface area contributed by atoms with Gasteiger partial charge in [0.1, 0.15) is 11.5 Å². The number of rotatable bonds is 8. The molecule has 10 heteroatoms. The van der Waals surface area contributed by atoms with Gasteiger partial charge in [0.25, 0.3) is 0 Å². The molecule has 132 valence electrons. The van der Waals surface area contributed by atoms with Crippen LogP contribution >= 0.6 is 45.2 Å². The van der Waals surface area contributed by atoms with Crippen LogP contribution in [-0.4, -0.2) is 24.2 Å². The number of hydrazone groups is 2. The molecule has 0 aliphatic heterocycles. The van der Waals surface area contributed by atoms with Crippen LogP contribution in [0.4, 0.5) is 0 Å². The second kappa shape index (κ2) is 10.3. The Morgan fingerprint density at radius 3 is 1.68 bits per heavy atom. The first-order valence-corrected chi connectivity index (χ1v) is 9.33. The molecule has 2 amide bonds. The summed E-state index contributed by atoms with van der Waals surface area (Å²) < 4.78 is 12.0. The van der Waals surface area contributed by atoms with Gasteiger partial charge in [0.05, 0.1) is 12.4 Å². The Morgan fingerprint density at radius 1 is 0.880 bits per heavy atom.